The van der Waals surface area contributed by atoms with E-state index in [1.165, 1.54) is 25.3 Å². The van der Waals surface area contributed by atoms with Gasteiger partial charge in [0.1, 0.15) is 16.7 Å². The van der Waals surface area contributed by atoms with Crippen molar-refractivity contribution >= 4 is 10.0 Å². The summed E-state index contributed by atoms with van der Waals surface area (Å²) in [6.07, 6.45) is 0. The van der Waals surface area contributed by atoms with Crippen molar-refractivity contribution in [3.05, 3.63) is 23.8 Å². The Morgan fingerprint density at radius 1 is 1.50 bits per heavy atom. The first-order valence-corrected chi connectivity index (χ1v) is 5.15. The van der Waals surface area contributed by atoms with Gasteiger partial charge in [0, 0.05) is 0 Å². The molecule has 0 spiro atoms. The topological polar surface area (TPSA) is 93.2 Å². The lowest BCUT2D eigenvalue weighted by molar-refractivity contribution is 0.402. The number of methoxy groups -OCH3 is 1. The maximum atomic E-state index is 11.1. The van der Waals surface area contributed by atoms with Gasteiger partial charge in [-0.05, 0) is 12.1 Å². The molecule has 0 radical (unpaired) electrons. The minimum atomic E-state index is -3.94. The number of nitrogens with zero attached hydrogens (tertiary/aromatic N) is 1. The number of hydrogen-bond acceptors (Lipinski definition) is 4. The number of nitriles is 1. The van der Waals surface area contributed by atoms with Gasteiger partial charge in [-0.3, -0.25) is 0 Å². The van der Waals surface area contributed by atoms with Gasteiger partial charge in [-0.15, -0.1) is 0 Å². The molecule has 1 aromatic carbocycles. The summed E-state index contributed by atoms with van der Waals surface area (Å²) in [6.45, 7) is 0. The second-order valence-corrected chi connectivity index (χ2v) is 3.99. The van der Waals surface area contributed by atoms with Crippen molar-refractivity contribution in [2.24, 2.45) is 5.14 Å². The summed E-state index contributed by atoms with van der Waals surface area (Å²) >= 11 is 0. The van der Waals surface area contributed by atoms with E-state index in [1.807, 2.05) is 0 Å². The van der Waals surface area contributed by atoms with E-state index in [4.69, 9.17) is 15.1 Å². The Kier molecular flexibility index (Phi) is 2.74. The summed E-state index contributed by atoms with van der Waals surface area (Å²) in [6, 6.07) is 6.05. The van der Waals surface area contributed by atoms with Crippen molar-refractivity contribution in [1.82, 2.24) is 0 Å². The van der Waals surface area contributed by atoms with E-state index in [-0.39, 0.29) is 16.2 Å². The van der Waals surface area contributed by atoms with Gasteiger partial charge < -0.3 is 4.74 Å². The first kappa shape index (κ1) is 10.5. The van der Waals surface area contributed by atoms with Crippen LogP contribution in [0.2, 0.25) is 0 Å². The molecule has 0 bridgehead atoms. The van der Waals surface area contributed by atoms with E-state index >= 15 is 0 Å². The van der Waals surface area contributed by atoms with Crippen LogP contribution in [-0.4, -0.2) is 15.5 Å². The minimum absolute atomic E-state index is 0.0214. The molecule has 0 fully saturated rings. The van der Waals surface area contributed by atoms with Crippen molar-refractivity contribution < 1.29 is 13.2 Å². The van der Waals surface area contributed by atoms with Crippen molar-refractivity contribution in [3.8, 4) is 11.8 Å². The highest BCUT2D eigenvalue weighted by Gasteiger charge is 2.19. The zero-order valence-electron chi connectivity index (χ0n) is 7.39. The van der Waals surface area contributed by atoms with Crippen molar-refractivity contribution in [2.75, 3.05) is 7.11 Å². The molecule has 74 valence electrons. The van der Waals surface area contributed by atoms with Crippen LogP contribution in [0.3, 0.4) is 0 Å². The monoisotopic (exact) mass is 212 g/mol. The summed E-state index contributed by atoms with van der Waals surface area (Å²) < 4.78 is 27.1. The highest BCUT2D eigenvalue weighted by molar-refractivity contribution is 7.89. The Morgan fingerprint density at radius 2 is 2.14 bits per heavy atom. The normalized spacial score (nSPS) is 10.6. The average molecular weight is 212 g/mol. The molecule has 0 amide bonds. The lowest BCUT2D eigenvalue weighted by atomic mass is 10.2. The van der Waals surface area contributed by atoms with E-state index in [0.29, 0.717) is 0 Å². The lowest BCUT2D eigenvalue weighted by Crippen LogP contribution is -2.15. The Labute approximate surface area is 81.8 Å². The Balaban J connectivity index is 3.61. The standard InChI is InChI=1S/C8H8N2O3S/c1-13-7-4-2-3-6(5-9)8(7)14(10,11)12/h2-4H,1H3,(H2,10,11,12). The van der Waals surface area contributed by atoms with Crippen LogP contribution >= 0.6 is 0 Å². The molecule has 0 saturated carbocycles. The first-order chi connectivity index (χ1) is 6.50. The Morgan fingerprint density at radius 3 is 2.57 bits per heavy atom. The Hall–Kier alpha value is -1.58. The minimum Gasteiger partial charge on any atom is -0.495 e. The molecule has 0 aliphatic rings. The van der Waals surface area contributed by atoms with Crippen LogP contribution in [0.25, 0.3) is 0 Å². The molecule has 1 aromatic rings. The second-order valence-electron chi connectivity index (χ2n) is 2.49. The molecule has 5 nitrogen and oxygen atoms in total. The van der Waals surface area contributed by atoms with Gasteiger partial charge in [0.2, 0.25) is 10.0 Å². The zero-order valence-corrected chi connectivity index (χ0v) is 8.21. The van der Waals surface area contributed by atoms with Gasteiger partial charge in [-0.2, -0.15) is 5.26 Å². The molecule has 0 aliphatic carbocycles. The maximum absolute atomic E-state index is 11.1. The highest BCUT2D eigenvalue weighted by Crippen LogP contribution is 2.25. The fraction of sp³-hybridized carbons (Fsp3) is 0.125. The van der Waals surface area contributed by atoms with Crippen LogP contribution in [-0.2, 0) is 10.0 Å². The van der Waals surface area contributed by atoms with Crippen LogP contribution in [0.15, 0.2) is 23.1 Å². The Bertz CT molecular complexity index is 488. The predicted octanol–water partition coefficient (Wildman–Crippen LogP) is 0.214. The van der Waals surface area contributed by atoms with E-state index in [2.05, 4.69) is 0 Å². The highest BCUT2D eigenvalue weighted by atomic mass is 32.2. The molecule has 2 N–H and O–H groups in total. The smallest absolute Gasteiger partial charge is 0.243 e. The van der Waals surface area contributed by atoms with E-state index in [9.17, 15) is 8.42 Å². The van der Waals surface area contributed by atoms with Gasteiger partial charge in [-0.1, -0.05) is 6.07 Å². The summed E-state index contributed by atoms with van der Waals surface area (Å²) in [7, 11) is -2.63. The third-order valence-electron chi connectivity index (χ3n) is 1.60. The number of primary sulfonamides is 1. The van der Waals surface area contributed by atoms with Crippen molar-refractivity contribution in [3.63, 3.8) is 0 Å². The molecule has 14 heavy (non-hydrogen) atoms. The van der Waals surface area contributed by atoms with Gasteiger partial charge in [0.05, 0.1) is 12.7 Å². The molecular weight excluding hydrogens is 204 g/mol. The summed E-state index contributed by atoms with van der Waals surface area (Å²) in [5.41, 5.74) is -0.0214. The molecule has 0 unspecified atom stereocenters. The maximum Gasteiger partial charge on any atom is 0.243 e. The summed E-state index contributed by atoms with van der Waals surface area (Å²) in [5, 5.41) is 13.6. The third-order valence-corrected chi connectivity index (χ3v) is 2.59. The van der Waals surface area contributed by atoms with Crippen molar-refractivity contribution in [2.45, 2.75) is 4.90 Å². The average Bonchev–Trinajstić information content (AvgIpc) is 2.15. The van der Waals surface area contributed by atoms with Crippen LogP contribution in [0, 0.1) is 11.3 Å². The number of hydrogen-bond donors (Lipinski definition) is 1. The molecule has 0 atom stereocenters. The second kappa shape index (κ2) is 3.65. The van der Waals surface area contributed by atoms with E-state index < -0.39 is 10.0 Å². The van der Waals surface area contributed by atoms with Crippen LogP contribution < -0.4 is 9.88 Å². The summed E-state index contributed by atoms with van der Waals surface area (Å²) in [5.74, 6) is 0.0755. The van der Waals surface area contributed by atoms with Crippen molar-refractivity contribution in [1.29, 1.82) is 5.26 Å². The zero-order chi connectivity index (χ0) is 10.8. The number of nitrogens with two attached hydrogens (primary N) is 1. The largest absolute Gasteiger partial charge is 0.495 e. The molecule has 0 saturated heterocycles. The van der Waals surface area contributed by atoms with Gasteiger partial charge in [0.25, 0.3) is 0 Å². The van der Waals surface area contributed by atoms with Gasteiger partial charge in [-0.25, -0.2) is 13.6 Å². The van der Waals surface area contributed by atoms with Crippen LogP contribution in [0.4, 0.5) is 0 Å². The fourth-order valence-electron chi connectivity index (χ4n) is 1.06. The first-order valence-electron chi connectivity index (χ1n) is 3.60. The lowest BCUT2D eigenvalue weighted by Gasteiger charge is -2.06. The van der Waals surface area contributed by atoms with Crippen LogP contribution in [0.1, 0.15) is 5.56 Å². The molecule has 0 aliphatic heterocycles. The summed E-state index contributed by atoms with van der Waals surface area (Å²) in [4.78, 5) is -0.273. The number of rotatable bonds is 2. The van der Waals surface area contributed by atoms with Gasteiger partial charge in [0.15, 0.2) is 0 Å². The third kappa shape index (κ3) is 1.84. The molecule has 0 heterocycles. The molecular formula is C8H8N2O3S. The van der Waals surface area contributed by atoms with E-state index in [1.54, 1.807) is 6.07 Å². The SMILES string of the molecule is COc1cccc(C#N)c1S(N)(=O)=O. The van der Waals surface area contributed by atoms with E-state index in [0.717, 1.165) is 0 Å². The molecule has 0 aromatic heterocycles. The molecule has 1 rings (SSSR count). The molecule has 6 heteroatoms. The number of ether oxygens (including phenoxy) is 1. The number of sulfonamides is 1. The predicted molar refractivity (Wildman–Crippen MR) is 49.1 cm³/mol. The fourth-order valence-corrected chi connectivity index (χ4v) is 1.91. The number of benzene rings is 1. The van der Waals surface area contributed by atoms with Crippen LogP contribution in [0.5, 0.6) is 5.75 Å². The quantitative estimate of drug-likeness (QED) is 0.758. The van der Waals surface area contributed by atoms with Gasteiger partial charge >= 0.3 is 0 Å².